The van der Waals surface area contributed by atoms with Crippen molar-refractivity contribution < 1.29 is 0 Å². The molecule has 0 fully saturated rings. The van der Waals surface area contributed by atoms with Crippen molar-refractivity contribution in [2.75, 3.05) is 0 Å². The lowest BCUT2D eigenvalue weighted by atomic mass is 10.1. The molecule has 1 aliphatic rings. The van der Waals surface area contributed by atoms with Crippen LogP contribution in [0.4, 0.5) is 0 Å². The third-order valence-electron chi connectivity index (χ3n) is 2.77. The fourth-order valence-corrected chi connectivity index (χ4v) is 1.86. The first-order valence-electron chi connectivity index (χ1n) is 6.12. The molecular formula is C17H12N2. The van der Waals surface area contributed by atoms with Gasteiger partial charge in [0.15, 0.2) is 0 Å². The van der Waals surface area contributed by atoms with Crippen LogP contribution in [0.5, 0.6) is 0 Å². The monoisotopic (exact) mass is 244 g/mol. The van der Waals surface area contributed by atoms with E-state index in [-0.39, 0.29) is 0 Å². The normalized spacial score (nSPS) is 13.2. The van der Waals surface area contributed by atoms with Crippen LogP contribution < -0.4 is 0 Å². The van der Waals surface area contributed by atoms with Gasteiger partial charge in [0.2, 0.25) is 0 Å². The summed E-state index contributed by atoms with van der Waals surface area (Å²) in [6, 6.07) is 11.8. The Morgan fingerprint density at radius 1 is 0.789 bits per heavy atom. The van der Waals surface area contributed by atoms with Crippen LogP contribution in [0.15, 0.2) is 78.7 Å². The lowest BCUT2D eigenvalue weighted by Crippen LogP contribution is -1.91. The van der Waals surface area contributed by atoms with Crippen LogP contribution in [0.3, 0.4) is 0 Å². The quantitative estimate of drug-likeness (QED) is 0.751. The third-order valence-corrected chi connectivity index (χ3v) is 2.77. The SMILES string of the molecule is C1=CC=CC=CC=1c1cccc(-c2ccccn2)n1. The van der Waals surface area contributed by atoms with E-state index in [4.69, 9.17) is 0 Å². The summed E-state index contributed by atoms with van der Waals surface area (Å²) in [5.41, 5.74) is 6.84. The van der Waals surface area contributed by atoms with Gasteiger partial charge in [-0.15, -0.1) is 5.73 Å². The van der Waals surface area contributed by atoms with E-state index >= 15 is 0 Å². The Morgan fingerprint density at radius 2 is 1.68 bits per heavy atom. The van der Waals surface area contributed by atoms with Gasteiger partial charge in [-0.1, -0.05) is 30.4 Å². The van der Waals surface area contributed by atoms with E-state index in [0.717, 1.165) is 22.7 Å². The lowest BCUT2D eigenvalue weighted by molar-refractivity contribution is 1.23. The van der Waals surface area contributed by atoms with Crippen LogP contribution in [0.2, 0.25) is 0 Å². The first-order valence-corrected chi connectivity index (χ1v) is 6.12. The molecule has 0 aliphatic heterocycles. The number of aromatic nitrogens is 2. The topological polar surface area (TPSA) is 25.8 Å². The smallest absolute Gasteiger partial charge is 0.0893 e. The van der Waals surface area contributed by atoms with E-state index in [2.05, 4.69) is 15.7 Å². The fourth-order valence-electron chi connectivity index (χ4n) is 1.86. The molecule has 0 N–H and O–H groups in total. The minimum Gasteiger partial charge on any atom is -0.255 e. The second-order valence-corrected chi connectivity index (χ2v) is 4.09. The van der Waals surface area contributed by atoms with Crippen LogP contribution in [0.1, 0.15) is 5.69 Å². The Hall–Kier alpha value is -2.70. The zero-order valence-electron chi connectivity index (χ0n) is 10.3. The highest BCUT2D eigenvalue weighted by Gasteiger charge is 2.04. The Bertz CT molecular complexity index is 703. The largest absolute Gasteiger partial charge is 0.255 e. The summed E-state index contributed by atoms with van der Waals surface area (Å²) < 4.78 is 0. The van der Waals surface area contributed by atoms with Gasteiger partial charge in [0.25, 0.3) is 0 Å². The van der Waals surface area contributed by atoms with E-state index < -0.39 is 0 Å². The molecule has 0 unspecified atom stereocenters. The average molecular weight is 244 g/mol. The molecule has 2 heterocycles. The maximum absolute atomic E-state index is 4.65. The summed E-state index contributed by atoms with van der Waals surface area (Å²) in [6.45, 7) is 0. The number of allylic oxidation sites excluding steroid dienone is 5. The van der Waals surface area contributed by atoms with E-state index in [9.17, 15) is 0 Å². The molecule has 0 saturated carbocycles. The summed E-state index contributed by atoms with van der Waals surface area (Å²) in [7, 11) is 0. The molecule has 0 spiro atoms. The summed E-state index contributed by atoms with van der Waals surface area (Å²) in [6.07, 6.45) is 11.6. The van der Waals surface area contributed by atoms with E-state index in [1.54, 1.807) is 6.20 Å². The van der Waals surface area contributed by atoms with Gasteiger partial charge in [-0.3, -0.25) is 4.98 Å². The van der Waals surface area contributed by atoms with Crippen molar-refractivity contribution in [1.29, 1.82) is 0 Å². The molecule has 2 nitrogen and oxygen atoms in total. The molecule has 0 radical (unpaired) electrons. The van der Waals surface area contributed by atoms with Crippen molar-refractivity contribution in [1.82, 2.24) is 9.97 Å². The van der Waals surface area contributed by atoms with Crippen molar-refractivity contribution in [3.8, 4) is 11.4 Å². The Balaban J connectivity index is 2.04. The second-order valence-electron chi connectivity index (χ2n) is 4.09. The molecule has 2 aromatic heterocycles. The van der Waals surface area contributed by atoms with Gasteiger partial charge in [0, 0.05) is 11.8 Å². The van der Waals surface area contributed by atoms with Crippen LogP contribution in [0, 0.1) is 0 Å². The van der Waals surface area contributed by atoms with Crippen LogP contribution in [-0.2, 0) is 0 Å². The summed E-state index contributed by atoms with van der Waals surface area (Å²) in [4.78, 5) is 8.97. The van der Waals surface area contributed by atoms with Crippen molar-refractivity contribution in [2.24, 2.45) is 0 Å². The number of hydrogen-bond donors (Lipinski definition) is 0. The zero-order chi connectivity index (χ0) is 12.9. The van der Waals surface area contributed by atoms with Crippen molar-refractivity contribution in [2.45, 2.75) is 0 Å². The summed E-state index contributed by atoms with van der Waals surface area (Å²) >= 11 is 0. The molecule has 2 aromatic rings. The molecule has 0 amide bonds. The average Bonchev–Trinajstić information content (AvgIpc) is 2.77. The van der Waals surface area contributed by atoms with Gasteiger partial charge >= 0.3 is 0 Å². The predicted octanol–water partition coefficient (Wildman–Crippen LogP) is 3.81. The van der Waals surface area contributed by atoms with Gasteiger partial charge < -0.3 is 0 Å². The fraction of sp³-hybridized carbons (Fsp3) is 0. The third kappa shape index (κ3) is 2.59. The van der Waals surface area contributed by atoms with Crippen molar-refractivity contribution in [3.63, 3.8) is 0 Å². The first kappa shape index (κ1) is 11.4. The van der Waals surface area contributed by atoms with Gasteiger partial charge in [-0.2, -0.15) is 0 Å². The molecule has 0 saturated heterocycles. The number of rotatable bonds is 2. The first-order chi connectivity index (χ1) is 9.43. The number of nitrogens with zero attached hydrogens (tertiary/aromatic N) is 2. The molecular weight excluding hydrogens is 232 g/mol. The maximum Gasteiger partial charge on any atom is 0.0893 e. The zero-order valence-corrected chi connectivity index (χ0v) is 10.3. The number of pyridine rings is 2. The highest BCUT2D eigenvalue weighted by atomic mass is 14.8. The van der Waals surface area contributed by atoms with Crippen LogP contribution >= 0.6 is 0 Å². The van der Waals surface area contributed by atoms with E-state index in [1.165, 1.54) is 0 Å². The van der Waals surface area contributed by atoms with Crippen molar-refractivity contribution >= 4 is 5.57 Å². The van der Waals surface area contributed by atoms with Gasteiger partial charge in [0.05, 0.1) is 17.1 Å². The molecule has 0 atom stereocenters. The standard InChI is InChI=1S/C17H12N2/c1-2-4-9-14(8-3-1)15-11-7-12-17(19-15)16-10-5-6-13-18-16/h1-8,10-13H. The van der Waals surface area contributed by atoms with Crippen molar-refractivity contribution in [3.05, 3.63) is 84.4 Å². The predicted molar refractivity (Wildman–Crippen MR) is 77.2 cm³/mol. The minimum atomic E-state index is 0.873. The van der Waals surface area contributed by atoms with E-state index in [0.29, 0.717) is 0 Å². The highest BCUT2D eigenvalue weighted by molar-refractivity contribution is 5.73. The molecule has 0 aromatic carbocycles. The molecule has 2 heteroatoms. The highest BCUT2D eigenvalue weighted by Crippen LogP contribution is 2.19. The molecule has 19 heavy (non-hydrogen) atoms. The Kier molecular flexibility index (Phi) is 3.18. The van der Waals surface area contributed by atoms with Crippen LogP contribution in [0.25, 0.3) is 17.0 Å². The Labute approximate surface area is 112 Å². The summed E-state index contributed by atoms with van der Waals surface area (Å²) in [5, 5.41) is 0. The lowest BCUT2D eigenvalue weighted by Gasteiger charge is -2.03. The molecule has 1 aliphatic carbocycles. The van der Waals surface area contributed by atoms with Crippen LogP contribution in [-0.4, -0.2) is 9.97 Å². The van der Waals surface area contributed by atoms with Gasteiger partial charge in [0.1, 0.15) is 0 Å². The van der Waals surface area contributed by atoms with Gasteiger partial charge in [-0.05, 0) is 36.4 Å². The molecule has 0 bridgehead atoms. The summed E-state index contributed by atoms with van der Waals surface area (Å²) in [5.74, 6) is 0. The Morgan fingerprint density at radius 3 is 2.58 bits per heavy atom. The molecule has 90 valence electrons. The second kappa shape index (κ2) is 5.30. The minimum absolute atomic E-state index is 0.873. The van der Waals surface area contributed by atoms with Gasteiger partial charge in [-0.25, -0.2) is 4.98 Å². The molecule has 3 rings (SSSR count). The number of hydrogen-bond acceptors (Lipinski definition) is 2. The maximum atomic E-state index is 4.65. The van der Waals surface area contributed by atoms with E-state index in [1.807, 2.05) is 66.8 Å².